The lowest BCUT2D eigenvalue weighted by Gasteiger charge is -2.57. The maximum absolute atomic E-state index is 13.8. The Morgan fingerprint density at radius 1 is 1.02 bits per heavy atom. The number of carbonyl (C=O) groups excluding carboxylic acids is 5. The van der Waals surface area contributed by atoms with Crippen LogP contribution in [0.2, 0.25) is 0 Å². The van der Waals surface area contributed by atoms with Gasteiger partial charge in [0, 0.05) is 37.1 Å². The van der Waals surface area contributed by atoms with Crippen molar-refractivity contribution in [1.29, 1.82) is 0 Å². The minimum absolute atomic E-state index is 0.00195. The molecule has 0 saturated heterocycles. The minimum Gasteiger partial charge on any atom is -0.481 e. The van der Waals surface area contributed by atoms with Crippen LogP contribution in [0.5, 0.6) is 0 Å². The van der Waals surface area contributed by atoms with E-state index in [4.69, 9.17) is 4.74 Å². The molecule has 0 heterocycles. The lowest BCUT2D eigenvalue weighted by atomic mass is 9.46. The number of benzene rings is 1. The third kappa shape index (κ3) is 5.53. The molecule has 3 saturated carbocycles. The highest BCUT2D eigenvalue weighted by molar-refractivity contribution is 5.95. The average Bonchev–Trinajstić information content (AvgIpc) is 3.26. The lowest BCUT2D eigenvalue weighted by molar-refractivity contribution is -0.173. The number of hydrogen-bond acceptors (Lipinski definition) is 8. The second kappa shape index (κ2) is 12.0. The van der Waals surface area contributed by atoms with E-state index in [2.05, 4.69) is 12.2 Å². The molecule has 0 spiro atoms. The highest BCUT2D eigenvalue weighted by atomic mass is 16.5. The summed E-state index contributed by atoms with van der Waals surface area (Å²) in [7, 11) is 0. The predicted molar refractivity (Wildman–Crippen MR) is 157 cm³/mol. The molecule has 4 aliphatic rings. The molecular formula is C34H41NO9. The zero-order valence-electron chi connectivity index (χ0n) is 25.3. The average molecular weight is 608 g/mol. The van der Waals surface area contributed by atoms with Gasteiger partial charge in [-0.25, -0.2) is 0 Å². The maximum atomic E-state index is 13.8. The summed E-state index contributed by atoms with van der Waals surface area (Å²) >= 11 is 0. The van der Waals surface area contributed by atoms with Gasteiger partial charge in [0.1, 0.15) is 11.4 Å². The molecule has 0 aliphatic heterocycles. The molecular weight excluding hydrogens is 566 g/mol. The van der Waals surface area contributed by atoms with Crippen molar-refractivity contribution in [2.24, 2.45) is 28.6 Å². The van der Waals surface area contributed by atoms with Gasteiger partial charge in [0.2, 0.25) is 11.7 Å². The van der Waals surface area contributed by atoms with Crippen molar-refractivity contribution < 1.29 is 43.7 Å². The van der Waals surface area contributed by atoms with E-state index in [1.54, 1.807) is 43.3 Å². The molecule has 10 heteroatoms. The van der Waals surface area contributed by atoms with Gasteiger partial charge < -0.3 is 20.3 Å². The molecule has 1 amide bonds. The molecule has 5 rings (SSSR count). The van der Waals surface area contributed by atoms with E-state index in [1.165, 1.54) is 0 Å². The van der Waals surface area contributed by atoms with Gasteiger partial charge in [-0.1, -0.05) is 49.8 Å². The van der Waals surface area contributed by atoms with Crippen LogP contribution in [0.1, 0.15) is 83.1 Å². The van der Waals surface area contributed by atoms with E-state index in [1.807, 2.05) is 0 Å². The number of allylic oxidation sites excluding steroid dienone is 1. The zero-order chi connectivity index (χ0) is 31.9. The van der Waals surface area contributed by atoms with Gasteiger partial charge in [0.25, 0.3) is 0 Å². The molecule has 3 N–H and O–H groups in total. The van der Waals surface area contributed by atoms with Crippen LogP contribution >= 0.6 is 0 Å². The number of esters is 1. The van der Waals surface area contributed by atoms with Gasteiger partial charge in [-0.2, -0.15) is 0 Å². The number of ketones is 3. The van der Waals surface area contributed by atoms with E-state index < -0.39 is 47.2 Å². The van der Waals surface area contributed by atoms with Crippen molar-refractivity contribution in [2.75, 3.05) is 13.2 Å². The number of Topliss-reactive ketones (excluding diaryl/α,β-unsaturated/α-hetero) is 2. The monoisotopic (exact) mass is 607 g/mol. The van der Waals surface area contributed by atoms with E-state index in [-0.39, 0.29) is 67.0 Å². The predicted octanol–water partition coefficient (Wildman–Crippen LogP) is 3.31. The minimum atomic E-state index is -1.82. The highest BCUT2D eigenvalue weighted by Crippen LogP contribution is 2.66. The molecule has 0 aromatic heterocycles. The van der Waals surface area contributed by atoms with Gasteiger partial charge in [0.15, 0.2) is 12.4 Å². The first kappa shape index (κ1) is 31.8. The molecule has 44 heavy (non-hydrogen) atoms. The summed E-state index contributed by atoms with van der Waals surface area (Å²) in [6.45, 7) is 3.08. The lowest BCUT2D eigenvalue weighted by Crippen LogP contribution is -2.61. The summed E-state index contributed by atoms with van der Waals surface area (Å²) in [5.74, 6) is -4.17. The first-order chi connectivity index (χ1) is 20.8. The first-order valence-electron chi connectivity index (χ1n) is 15.5. The topological polar surface area (TPSA) is 164 Å². The Kier molecular flexibility index (Phi) is 8.68. The maximum Gasteiger partial charge on any atom is 0.312 e. The second-order valence-corrected chi connectivity index (χ2v) is 13.5. The molecule has 0 radical (unpaired) electrons. The molecule has 3 fully saturated rings. The Labute approximate surface area is 256 Å². The summed E-state index contributed by atoms with van der Waals surface area (Å²) in [4.78, 5) is 75.6. The van der Waals surface area contributed by atoms with Crippen LogP contribution in [0.25, 0.3) is 0 Å². The molecule has 10 nitrogen and oxygen atoms in total. The number of aliphatic carboxylic acids is 1. The van der Waals surface area contributed by atoms with E-state index in [9.17, 15) is 39.0 Å². The first-order valence-corrected chi connectivity index (χ1v) is 15.5. The largest absolute Gasteiger partial charge is 0.481 e. The third-order valence-electron chi connectivity index (χ3n) is 11.2. The number of nitrogens with one attached hydrogen (secondary N) is 1. The van der Waals surface area contributed by atoms with E-state index >= 15 is 0 Å². The molecule has 1 aromatic carbocycles. The molecule has 4 aliphatic carbocycles. The smallest absolute Gasteiger partial charge is 0.312 e. The van der Waals surface area contributed by atoms with E-state index in [0.29, 0.717) is 24.8 Å². The SMILES string of the molecule is C[C@]12CCC(=O)C=C1CC[C@H]1[C@H]2C(=O)C[C@@]2(C)[C@H]1CC[C@]2(O)C(=O)COC(=O)CCC(=O)NC[C@@H](C(=O)O)c1ccccc1. The van der Waals surface area contributed by atoms with Crippen LogP contribution in [0.15, 0.2) is 42.0 Å². The fourth-order valence-electron chi connectivity index (χ4n) is 8.74. The van der Waals surface area contributed by atoms with Gasteiger partial charge in [-0.15, -0.1) is 0 Å². The Morgan fingerprint density at radius 3 is 2.45 bits per heavy atom. The number of rotatable bonds is 10. The highest BCUT2D eigenvalue weighted by Gasteiger charge is 2.68. The summed E-state index contributed by atoms with van der Waals surface area (Å²) < 4.78 is 5.17. The number of carboxylic acid groups (broad SMARTS) is 1. The van der Waals surface area contributed by atoms with Crippen molar-refractivity contribution in [3.8, 4) is 0 Å². The molecule has 7 atom stereocenters. The van der Waals surface area contributed by atoms with Crippen LogP contribution < -0.4 is 5.32 Å². The van der Waals surface area contributed by atoms with E-state index in [0.717, 1.165) is 18.4 Å². The van der Waals surface area contributed by atoms with Crippen molar-refractivity contribution in [3.05, 3.63) is 47.5 Å². The molecule has 0 unspecified atom stereocenters. The van der Waals surface area contributed by atoms with Gasteiger partial charge in [0.05, 0.1) is 12.3 Å². The van der Waals surface area contributed by atoms with Crippen LogP contribution in [0.3, 0.4) is 0 Å². The van der Waals surface area contributed by atoms with Crippen molar-refractivity contribution in [1.82, 2.24) is 5.32 Å². The van der Waals surface area contributed by atoms with Crippen molar-refractivity contribution >= 4 is 35.2 Å². The Hall–Kier alpha value is -3.66. The number of hydrogen-bond donors (Lipinski definition) is 3. The number of fused-ring (bicyclic) bond motifs is 5. The molecule has 236 valence electrons. The normalized spacial score (nSPS) is 33.2. The van der Waals surface area contributed by atoms with Gasteiger partial charge >= 0.3 is 11.9 Å². The van der Waals surface area contributed by atoms with Gasteiger partial charge in [-0.05, 0) is 61.0 Å². The summed E-state index contributed by atoms with van der Waals surface area (Å²) in [6.07, 6.45) is 4.47. The van der Waals surface area contributed by atoms with Crippen LogP contribution in [-0.4, -0.2) is 64.2 Å². The summed E-state index contributed by atoms with van der Waals surface area (Å²) in [5.41, 5.74) is -1.60. The Balaban J connectivity index is 1.15. The molecule has 1 aromatic rings. The van der Waals surface area contributed by atoms with Crippen molar-refractivity contribution in [3.63, 3.8) is 0 Å². The third-order valence-corrected chi connectivity index (χ3v) is 11.2. The number of ether oxygens (including phenoxy) is 1. The fourth-order valence-corrected chi connectivity index (χ4v) is 8.74. The van der Waals surface area contributed by atoms with Gasteiger partial charge in [-0.3, -0.25) is 28.8 Å². The number of carboxylic acids is 1. The Morgan fingerprint density at radius 2 is 1.75 bits per heavy atom. The summed E-state index contributed by atoms with van der Waals surface area (Å²) in [6, 6.07) is 8.49. The van der Waals surface area contributed by atoms with Crippen molar-refractivity contribution in [2.45, 2.75) is 83.2 Å². The van der Waals surface area contributed by atoms with Crippen LogP contribution in [0, 0.1) is 28.6 Å². The standard InChI is InChI=1S/C34H41NO9/c1-32-14-12-22(36)16-21(32)8-9-23-25-13-15-34(43,33(25,2)17-26(37)30(23)32)27(38)19-44-29(40)11-10-28(39)35-18-24(31(41)42)20-6-4-3-5-7-20/h3-7,16,23-25,30,43H,8-15,17-19H2,1-2H3,(H,35,39)(H,41,42)/t23-,24-,25+,30+,32+,33+,34+/m1/s1. The quantitative estimate of drug-likeness (QED) is 0.339. The fraction of sp³-hybridized carbons (Fsp3) is 0.588. The number of carbonyl (C=O) groups is 6. The second-order valence-electron chi connectivity index (χ2n) is 13.5. The number of aliphatic hydroxyl groups is 1. The summed E-state index contributed by atoms with van der Waals surface area (Å²) in [5, 5.41) is 23.8. The molecule has 0 bridgehead atoms. The zero-order valence-corrected chi connectivity index (χ0v) is 25.3. The number of amides is 1. The van der Waals surface area contributed by atoms with Crippen LogP contribution in [0.4, 0.5) is 0 Å². The Bertz CT molecular complexity index is 1400. The van der Waals surface area contributed by atoms with Crippen LogP contribution in [-0.2, 0) is 33.5 Å².